The SMILES string of the molecule is CN(Cc1ccc(F)cc1C(N)=NO)CC1CCCCC1. The van der Waals surface area contributed by atoms with Crippen LogP contribution in [0.4, 0.5) is 4.39 Å². The summed E-state index contributed by atoms with van der Waals surface area (Å²) in [6.45, 7) is 1.70. The smallest absolute Gasteiger partial charge is 0.170 e. The van der Waals surface area contributed by atoms with Crippen LogP contribution in [0.25, 0.3) is 0 Å². The largest absolute Gasteiger partial charge is 0.409 e. The molecule has 0 unspecified atom stereocenters. The average molecular weight is 293 g/mol. The van der Waals surface area contributed by atoms with Crippen LogP contribution < -0.4 is 5.73 Å². The summed E-state index contributed by atoms with van der Waals surface area (Å²) in [6, 6.07) is 4.44. The minimum absolute atomic E-state index is 0.0458. The van der Waals surface area contributed by atoms with E-state index in [1.807, 2.05) is 0 Å². The second kappa shape index (κ2) is 7.41. The van der Waals surface area contributed by atoms with Crippen LogP contribution in [-0.2, 0) is 6.54 Å². The van der Waals surface area contributed by atoms with Crippen molar-refractivity contribution in [3.8, 4) is 0 Å². The van der Waals surface area contributed by atoms with Crippen LogP contribution >= 0.6 is 0 Å². The summed E-state index contributed by atoms with van der Waals surface area (Å²) in [5.41, 5.74) is 6.98. The van der Waals surface area contributed by atoms with Gasteiger partial charge in [0, 0.05) is 18.7 Å². The minimum Gasteiger partial charge on any atom is -0.409 e. The van der Waals surface area contributed by atoms with Crippen LogP contribution in [0, 0.1) is 11.7 Å². The molecule has 0 heterocycles. The lowest BCUT2D eigenvalue weighted by Crippen LogP contribution is -2.28. The van der Waals surface area contributed by atoms with E-state index < -0.39 is 0 Å². The molecular formula is C16H24FN3O. The third-order valence-electron chi connectivity index (χ3n) is 4.19. The molecule has 2 rings (SSSR count). The van der Waals surface area contributed by atoms with Crippen LogP contribution in [0.15, 0.2) is 23.4 Å². The average Bonchev–Trinajstić information content (AvgIpc) is 2.49. The lowest BCUT2D eigenvalue weighted by molar-refractivity contribution is 0.228. The molecule has 0 atom stereocenters. The highest BCUT2D eigenvalue weighted by Crippen LogP contribution is 2.24. The van der Waals surface area contributed by atoms with E-state index in [0.29, 0.717) is 12.1 Å². The number of amidine groups is 1. The Labute approximate surface area is 125 Å². The fourth-order valence-electron chi connectivity index (χ4n) is 3.14. The third-order valence-corrected chi connectivity index (χ3v) is 4.19. The van der Waals surface area contributed by atoms with Gasteiger partial charge in [0.15, 0.2) is 5.84 Å². The summed E-state index contributed by atoms with van der Waals surface area (Å²) < 4.78 is 13.3. The topological polar surface area (TPSA) is 61.8 Å². The Balaban J connectivity index is 2.04. The van der Waals surface area contributed by atoms with Crippen LogP contribution in [0.5, 0.6) is 0 Å². The lowest BCUT2D eigenvalue weighted by atomic mass is 9.89. The summed E-state index contributed by atoms with van der Waals surface area (Å²) in [6.07, 6.45) is 6.59. The fourth-order valence-corrected chi connectivity index (χ4v) is 3.14. The number of halogens is 1. The number of rotatable bonds is 5. The molecule has 0 radical (unpaired) electrons. The van der Waals surface area contributed by atoms with E-state index >= 15 is 0 Å². The van der Waals surface area contributed by atoms with E-state index in [2.05, 4.69) is 17.1 Å². The summed E-state index contributed by atoms with van der Waals surface area (Å²) in [7, 11) is 2.06. The Morgan fingerprint density at radius 2 is 2.10 bits per heavy atom. The first-order valence-electron chi connectivity index (χ1n) is 7.55. The predicted octanol–water partition coefficient (Wildman–Crippen LogP) is 2.93. The lowest BCUT2D eigenvalue weighted by Gasteiger charge is -2.27. The van der Waals surface area contributed by atoms with Gasteiger partial charge in [0.25, 0.3) is 0 Å². The molecule has 1 aliphatic carbocycles. The van der Waals surface area contributed by atoms with Crippen molar-refractivity contribution in [3.63, 3.8) is 0 Å². The zero-order valence-electron chi connectivity index (χ0n) is 12.6. The summed E-state index contributed by atoms with van der Waals surface area (Å²) in [5.74, 6) is 0.322. The molecule has 0 spiro atoms. The highest BCUT2D eigenvalue weighted by molar-refractivity contribution is 5.98. The van der Waals surface area contributed by atoms with Gasteiger partial charge in [0.2, 0.25) is 0 Å². The number of benzene rings is 1. The number of nitrogens with two attached hydrogens (primary N) is 1. The maximum Gasteiger partial charge on any atom is 0.170 e. The highest BCUT2D eigenvalue weighted by atomic mass is 19.1. The Kier molecular flexibility index (Phi) is 5.56. The zero-order valence-corrected chi connectivity index (χ0v) is 12.6. The van der Waals surface area contributed by atoms with Crippen molar-refractivity contribution in [3.05, 3.63) is 35.1 Å². The molecule has 1 fully saturated rings. The molecule has 1 aliphatic rings. The fraction of sp³-hybridized carbons (Fsp3) is 0.562. The van der Waals surface area contributed by atoms with Crippen molar-refractivity contribution < 1.29 is 9.60 Å². The second-order valence-corrected chi connectivity index (χ2v) is 5.99. The van der Waals surface area contributed by atoms with E-state index in [1.54, 1.807) is 6.07 Å². The van der Waals surface area contributed by atoms with E-state index in [-0.39, 0.29) is 11.7 Å². The monoisotopic (exact) mass is 293 g/mol. The van der Waals surface area contributed by atoms with Gasteiger partial charge in [-0.2, -0.15) is 0 Å². The van der Waals surface area contributed by atoms with Crippen LogP contribution in [0.3, 0.4) is 0 Å². The molecule has 3 N–H and O–H groups in total. The molecule has 0 bridgehead atoms. The first-order valence-corrected chi connectivity index (χ1v) is 7.55. The van der Waals surface area contributed by atoms with E-state index in [4.69, 9.17) is 10.9 Å². The number of oxime groups is 1. The molecule has 0 saturated heterocycles. The Hall–Kier alpha value is -1.62. The molecule has 0 aliphatic heterocycles. The molecule has 0 amide bonds. The summed E-state index contributed by atoms with van der Waals surface area (Å²) >= 11 is 0. The standard InChI is InChI=1S/C16H24FN3O/c1-20(10-12-5-3-2-4-6-12)11-13-7-8-14(17)9-15(13)16(18)19-21/h7-9,12,21H,2-6,10-11H2,1H3,(H2,18,19). The number of hydrogen-bond acceptors (Lipinski definition) is 3. The van der Waals surface area contributed by atoms with Gasteiger partial charge in [-0.05, 0) is 43.5 Å². The van der Waals surface area contributed by atoms with Gasteiger partial charge in [-0.25, -0.2) is 4.39 Å². The van der Waals surface area contributed by atoms with Gasteiger partial charge >= 0.3 is 0 Å². The van der Waals surface area contributed by atoms with Gasteiger partial charge in [-0.3, -0.25) is 0 Å². The van der Waals surface area contributed by atoms with Crippen LogP contribution in [-0.4, -0.2) is 29.5 Å². The maximum absolute atomic E-state index is 13.3. The molecular weight excluding hydrogens is 269 g/mol. The molecule has 5 heteroatoms. The zero-order chi connectivity index (χ0) is 15.2. The van der Waals surface area contributed by atoms with Crippen molar-refractivity contribution in [2.45, 2.75) is 38.6 Å². The third kappa shape index (κ3) is 4.43. The molecule has 21 heavy (non-hydrogen) atoms. The molecule has 4 nitrogen and oxygen atoms in total. The molecule has 1 saturated carbocycles. The highest BCUT2D eigenvalue weighted by Gasteiger charge is 2.17. The Morgan fingerprint density at radius 1 is 1.38 bits per heavy atom. The molecule has 116 valence electrons. The Bertz CT molecular complexity index is 498. The van der Waals surface area contributed by atoms with Crippen molar-refractivity contribution >= 4 is 5.84 Å². The molecule has 1 aromatic rings. The van der Waals surface area contributed by atoms with Gasteiger partial charge in [-0.1, -0.05) is 30.5 Å². The van der Waals surface area contributed by atoms with Crippen molar-refractivity contribution in [2.24, 2.45) is 16.8 Å². The van der Waals surface area contributed by atoms with E-state index in [0.717, 1.165) is 18.0 Å². The number of nitrogens with zero attached hydrogens (tertiary/aromatic N) is 2. The van der Waals surface area contributed by atoms with Gasteiger partial charge in [-0.15, -0.1) is 0 Å². The normalized spacial score (nSPS) is 17.4. The van der Waals surface area contributed by atoms with Crippen LogP contribution in [0.2, 0.25) is 0 Å². The van der Waals surface area contributed by atoms with Crippen molar-refractivity contribution in [2.75, 3.05) is 13.6 Å². The maximum atomic E-state index is 13.3. The minimum atomic E-state index is -0.379. The Morgan fingerprint density at radius 3 is 2.76 bits per heavy atom. The van der Waals surface area contributed by atoms with E-state index in [9.17, 15) is 4.39 Å². The van der Waals surface area contributed by atoms with Gasteiger partial charge in [0.1, 0.15) is 5.82 Å². The predicted molar refractivity (Wildman–Crippen MR) is 81.8 cm³/mol. The van der Waals surface area contributed by atoms with E-state index in [1.165, 1.54) is 44.2 Å². The first kappa shape index (κ1) is 15.8. The molecule has 0 aromatic heterocycles. The number of hydrogen-bond donors (Lipinski definition) is 2. The van der Waals surface area contributed by atoms with Crippen LogP contribution in [0.1, 0.15) is 43.2 Å². The summed E-state index contributed by atoms with van der Waals surface area (Å²) in [5, 5.41) is 11.8. The second-order valence-electron chi connectivity index (χ2n) is 5.99. The quantitative estimate of drug-likeness (QED) is 0.380. The summed E-state index contributed by atoms with van der Waals surface area (Å²) in [4.78, 5) is 2.23. The van der Waals surface area contributed by atoms with Crippen molar-refractivity contribution in [1.82, 2.24) is 4.90 Å². The first-order chi connectivity index (χ1) is 10.1. The van der Waals surface area contributed by atoms with Gasteiger partial charge in [0.05, 0.1) is 0 Å². The molecule has 1 aromatic carbocycles. The van der Waals surface area contributed by atoms with Crippen molar-refractivity contribution in [1.29, 1.82) is 0 Å². The van der Waals surface area contributed by atoms with Gasteiger partial charge < -0.3 is 15.8 Å².